The second kappa shape index (κ2) is 7.47. The highest BCUT2D eigenvalue weighted by atomic mass is 32.2. The van der Waals surface area contributed by atoms with Crippen LogP contribution in [0.3, 0.4) is 0 Å². The number of hydrogen-bond acceptors (Lipinski definition) is 5. The van der Waals surface area contributed by atoms with Crippen LogP contribution in [-0.4, -0.2) is 73.3 Å². The summed E-state index contributed by atoms with van der Waals surface area (Å²) in [6, 6.07) is 2.87. The lowest BCUT2D eigenvalue weighted by Crippen LogP contribution is -2.57. The van der Waals surface area contributed by atoms with Crippen molar-refractivity contribution in [3.8, 4) is 0 Å². The lowest BCUT2D eigenvalue weighted by Gasteiger charge is -2.47. The van der Waals surface area contributed by atoms with Crippen LogP contribution in [0.2, 0.25) is 0 Å². The summed E-state index contributed by atoms with van der Waals surface area (Å²) in [5, 5.41) is 12.1. The molecule has 0 saturated carbocycles. The Bertz CT molecular complexity index is 934. The lowest BCUT2D eigenvalue weighted by molar-refractivity contribution is -0.134. The van der Waals surface area contributed by atoms with Gasteiger partial charge in [-0.3, -0.25) is 4.79 Å². The smallest absolute Gasteiger partial charge is 0.407 e. The van der Waals surface area contributed by atoms with Crippen LogP contribution in [0.15, 0.2) is 23.1 Å². The van der Waals surface area contributed by atoms with Gasteiger partial charge in [-0.2, -0.15) is 0 Å². The molecule has 2 aliphatic rings. The van der Waals surface area contributed by atoms with Crippen LogP contribution in [-0.2, 0) is 14.6 Å². The molecule has 0 radical (unpaired) electrons. The first-order valence-electron chi connectivity index (χ1n) is 9.44. The molecule has 0 bridgehead atoms. The van der Waals surface area contributed by atoms with Crippen molar-refractivity contribution in [1.29, 1.82) is 0 Å². The fourth-order valence-corrected chi connectivity index (χ4v) is 4.90. The monoisotopic (exact) mass is 427 g/mol. The second-order valence-electron chi connectivity index (χ2n) is 8.43. The van der Waals surface area contributed by atoms with E-state index in [0.29, 0.717) is 32.5 Å². The lowest BCUT2D eigenvalue weighted by atomic mass is 9.78. The molecule has 8 nitrogen and oxygen atoms in total. The predicted octanol–water partition coefficient (Wildman–Crippen LogP) is 2.02. The molecule has 1 aromatic rings. The Hall–Kier alpha value is -2.36. The quantitative estimate of drug-likeness (QED) is 0.761. The highest BCUT2D eigenvalue weighted by Gasteiger charge is 2.45. The number of nitrogens with one attached hydrogen (secondary N) is 1. The summed E-state index contributed by atoms with van der Waals surface area (Å²) in [5.41, 5.74) is -0.318. The number of benzene rings is 1. The van der Waals surface area contributed by atoms with Crippen LogP contribution in [0.5, 0.6) is 0 Å². The minimum absolute atomic E-state index is 0.0811. The first kappa shape index (κ1) is 21.4. The Morgan fingerprint density at radius 2 is 1.97 bits per heavy atom. The van der Waals surface area contributed by atoms with Crippen LogP contribution >= 0.6 is 0 Å². The third-order valence-electron chi connectivity index (χ3n) is 5.76. The Labute approximate surface area is 169 Å². The summed E-state index contributed by atoms with van der Waals surface area (Å²) in [4.78, 5) is 27.2. The minimum Gasteiger partial charge on any atom is -0.465 e. The van der Waals surface area contributed by atoms with Crippen molar-refractivity contribution in [2.45, 2.75) is 43.7 Å². The summed E-state index contributed by atoms with van der Waals surface area (Å²) in [5.74, 6) is -0.882. The number of piperidine rings is 1. The topological polar surface area (TPSA) is 107 Å². The number of nitrogens with zero attached hydrogens (tertiary/aromatic N) is 2. The van der Waals surface area contributed by atoms with Crippen LogP contribution in [0, 0.1) is 11.2 Å². The Morgan fingerprint density at radius 3 is 2.52 bits per heavy atom. The SMILES string of the molecule is CC1(C)CN(C(=O)O)CCC1N1CCC(Nc2ccc(S(C)(=O)=O)cc2F)C1=O. The van der Waals surface area contributed by atoms with Crippen molar-refractivity contribution in [2.24, 2.45) is 5.41 Å². The van der Waals surface area contributed by atoms with Gasteiger partial charge in [0.25, 0.3) is 0 Å². The van der Waals surface area contributed by atoms with Gasteiger partial charge in [-0.25, -0.2) is 17.6 Å². The molecule has 2 unspecified atom stereocenters. The van der Waals surface area contributed by atoms with E-state index in [0.717, 1.165) is 12.3 Å². The van der Waals surface area contributed by atoms with E-state index in [1.165, 1.54) is 17.0 Å². The minimum atomic E-state index is -3.52. The van der Waals surface area contributed by atoms with Crippen LogP contribution in [0.4, 0.5) is 14.9 Å². The van der Waals surface area contributed by atoms with Crippen LogP contribution in [0.25, 0.3) is 0 Å². The molecule has 0 aliphatic carbocycles. The average Bonchev–Trinajstić information content (AvgIpc) is 2.95. The number of hydrogen-bond donors (Lipinski definition) is 2. The summed E-state index contributed by atoms with van der Waals surface area (Å²) in [6.45, 7) is 5.11. The normalized spacial score (nSPS) is 24.6. The molecule has 2 fully saturated rings. The zero-order chi connectivity index (χ0) is 21.6. The number of carbonyl (C=O) groups is 2. The molecular formula is C19H26FN3O5S. The van der Waals surface area contributed by atoms with Crippen molar-refractivity contribution in [2.75, 3.05) is 31.2 Å². The maximum atomic E-state index is 14.3. The largest absolute Gasteiger partial charge is 0.465 e. The number of amides is 2. The number of carbonyl (C=O) groups excluding carboxylic acids is 1. The van der Waals surface area contributed by atoms with Gasteiger partial charge in [-0.15, -0.1) is 0 Å². The molecule has 2 N–H and O–H groups in total. The van der Waals surface area contributed by atoms with Crippen molar-refractivity contribution < 1.29 is 27.5 Å². The van der Waals surface area contributed by atoms with Crippen molar-refractivity contribution in [3.63, 3.8) is 0 Å². The Kier molecular flexibility index (Phi) is 5.50. The maximum absolute atomic E-state index is 14.3. The van der Waals surface area contributed by atoms with Gasteiger partial charge in [0.05, 0.1) is 10.6 Å². The van der Waals surface area contributed by atoms with Gasteiger partial charge in [0.2, 0.25) is 5.91 Å². The van der Waals surface area contributed by atoms with Crippen molar-refractivity contribution in [1.82, 2.24) is 9.80 Å². The third kappa shape index (κ3) is 4.31. The van der Waals surface area contributed by atoms with Gasteiger partial charge in [0.15, 0.2) is 9.84 Å². The molecular weight excluding hydrogens is 401 g/mol. The van der Waals surface area contributed by atoms with E-state index in [4.69, 9.17) is 0 Å². The van der Waals surface area contributed by atoms with E-state index in [2.05, 4.69) is 5.32 Å². The zero-order valence-corrected chi connectivity index (χ0v) is 17.5. The fraction of sp³-hybridized carbons (Fsp3) is 0.579. The number of rotatable bonds is 4. The molecule has 29 heavy (non-hydrogen) atoms. The molecule has 3 rings (SSSR count). The third-order valence-corrected chi connectivity index (χ3v) is 6.87. The zero-order valence-electron chi connectivity index (χ0n) is 16.7. The van der Waals surface area contributed by atoms with E-state index in [1.54, 1.807) is 4.90 Å². The molecule has 0 aromatic heterocycles. The number of halogens is 1. The fourth-order valence-electron chi connectivity index (χ4n) is 4.26. The summed E-state index contributed by atoms with van der Waals surface area (Å²) >= 11 is 0. The number of sulfone groups is 1. The van der Waals surface area contributed by atoms with E-state index in [1.807, 2.05) is 13.8 Å². The molecule has 1 aromatic carbocycles. The van der Waals surface area contributed by atoms with Crippen LogP contribution in [0.1, 0.15) is 26.7 Å². The summed E-state index contributed by atoms with van der Waals surface area (Å²) < 4.78 is 37.4. The first-order chi connectivity index (χ1) is 13.4. The summed E-state index contributed by atoms with van der Waals surface area (Å²) in [6.07, 6.45) is 1.08. The summed E-state index contributed by atoms with van der Waals surface area (Å²) in [7, 11) is -3.52. The Morgan fingerprint density at radius 1 is 1.28 bits per heavy atom. The molecule has 10 heteroatoms. The molecule has 2 atom stereocenters. The number of anilines is 1. The van der Waals surface area contributed by atoms with Crippen molar-refractivity contribution >= 4 is 27.5 Å². The van der Waals surface area contributed by atoms with Gasteiger partial charge in [-0.05, 0) is 31.0 Å². The standard InChI is InChI=1S/C19H26FN3O5S/c1-19(2)11-22(18(25)26)8-7-16(19)23-9-6-15(17(23)24)21-14-5-4-12(10-13(14)20)29(3,27)28/h4-5,10,15-16,21H,6-9,11H2,1-3H3,(H,25,26). The second-order valence-corrected chi connectivity index (χ2v) is 10.4. The average molecular weight is 427 g/mol. The predicted molar refractivity (Wildman–Crippen MR) is 105 cm³/mol. The molecule has 0 spiro atoms. The van der Waals surface area contributed by atoms with E-state index in [-0.39, 0.29) is 22.5 Å². The van der Waals surface area contributed by atoms with E-state index in [9.17, 15) is 27.5 Å². The van der Waals surface area contributed by atoms with Gasteiger partial charge in [0, 0.05) is 37.3 Å². The molecule has 2 amide bonds. The molecule has 160 valence electrons. The number of likely N-dealkylation sites (tertiary alicyclic amines) is 2. The first-order valence-corrected chi connectivity index (χ1v) is 11.3. The highest BCUT2D eigenvalue weighted by molar-refractivity contribution is 7.90. The highest BCUT2D eigenvalue weighted by Crippen LogP contribution is 2.36. The van der Waals surface area contributed by atoms with E-state index >= 15 is 0 Å². The Balaban J connectivity index is 1.71. The molecule has 2 aliphatic heterocycles. The maximum Gasteiger partial charge on any atom is 0.407 e. The number of carboxylic acid groups (broad SMARTS) is 1. The van der Waals surface area contributed by atoms with Gasteiger partial charge < -0.3 is 20.2 Å². The van der Waals surface area contributed by atoms with Gasteiger partial charge in [0.1, 0.15) is 11.9 Å². The molecule has 2 saturated heterocycles. The van der Waals surface area contributed by atoms with Gasteiger partial charge >= 0.3 is 6.09 Å². The molecule has 2 heterocycles. The van der Waals surface area contributed by atoms with Gasteiger partial charge in [-0.1, -0.05) is 13.8 Å². The van der Waals surface area contributed by atoms with Crippen LogP contribution < -0.4 is 5.32 Å². The van der Waals surface area contributed by atoms with E-state index < -0.39 is 33.2 Å². The van der Waals surface area contributed by atoms with Crippen molar-refractivity contribution in [3.05, 3.63) is 24.0 Å².